The van der Waals surface area contributed by atoms with Crippen LogP contribution in [0, 0.1) is 11.7 Å². The van der Waals surface area contributed by atoms with Crippen molar-refractivity contribution in [1.29, 1.82) is 0 Å². The molecule has 1 aliphatic heterocycles. The van der Waals surface area contributed by atoms with Gasteiger partial charge in [0.05, 0.1) is 26.4 Å². The van der Waals surface area contributed by atoms with E-state index in [2.05, 4.69) is 24.1 Å². The number of ether oxygens (including phenoxy) is 2. The molecular formula is C20H32FN3O3. The van der Waals surface area contributed by atoms with Crippen LogP contribution in [0.25, 0.3) is 0 Å². The van der Waals surface area contributed by atoms with E-state index in [1.165, 1.54) is 13.2 Å². The van der Waals surface area contributed by atoms with Crippen molar-refractivity contribution >= 4 is 5.91 Å². The molecule has 0 aliphatic carbocycles. The van der Waals surface area contributed by atoms with Crippen LogP contribution in [0.5, 0.6) is 5.75 Å². The molecule has 1 atom stereocenters. The number of amides is 1. The molecule has 0 spiro atoms. The molecule has 0 radical (unpaired) electrons. The van der Waals surface area contributed by atoms with E-state index >= 15 is 0 Å². The smallest absolute Gasteiger partial charge is 0.234 e. The SMILES string of the molecule is COc1ccc(CN(C)CC(=O)NCC2CN(CC(C)C)CCO2)cc1F. The number of nitrogens with one attached hydrogen (secondary N) is 1. The van der Waals surface area contributed by atoms with Crippen LogP contribution in [0.3, 0.4) is 0 Å². The maximum atomic E-state index is 13.8. The lowest BCUT2D eigenvalue weighted by atomic mass is 10.2. The highest BCUT2D eigenvalue weighted by Crippen LogP contribution is 2.18. The van der Waals surface area contributed by atoms with Gasteiger partial charge in [-0.15, -0.1) is 0 Å². The third kappa shape index (κ3) is 7.44. The second-order valence-electron chi connectivity index (χ2n) is 7.59. The van der Waals surface area contributed by atoms with E-state index < -0.39 is 5.82 Å². The molecule has 6 nitrogen and oxygen atoms in total. The first-order chi connectivity index (χ1) is 12.9. The summed E-state index contributed by atoms with van der Waals surface area (Å²) in [5, 5.41) is 2.95. The maximum absolute atomic E-state index is 13.8. The van der Waals surface area contributed by atoms with E-state index in [4.69, 9.17) is 9.47 Å². The predicted octanol–water partition coefficient (Wildman–Crippen LogP) is 1.74. The molecule has 1 aromatic rings. The van der Waals surface area contributed by atoms with Crippen LogP contribution < -0.4 is 10.1 Å². The Bertz CT molecular complexity index is 612. The fourth-order valence-corrected chi connectivity index (χ4v) is 3.29. The molecule has 1 unspecified atom stereocenters. The lowest BCUT2D eigenvalue weighted by molar-refractivity contribution is -0.123. The van der Waals surface area contributed by atoms with Crippen molar-refractivity contribution in [1.82, 2.24) is 15.1 Å². The van der Waals surface area contributed by atoms with E-state index in [9.17, 15) is 9.18 Å². The zero-order valence-electron chi connectivity index (χ0n) is 16.8. The molecular weight excluding hydrogens is 349 g/mol. The molecule has 1 saturated heterocycles. The number of methoxy groups -OCH3 is 1. The molecule has 1 N–H and O–H groups in total. The molecule has 27 heavy (non-hydrogen) atoms. The number of carbonyl (C=O) groups is 1. The van der Waals surface area contributed by atoms with Crippen LogP contribution in [-0.4, -0.2) is 75.3 Å². The minimum Gasteiger partial charge on any atom is -0.494 e. The van der Waals surface area contributed by atoms with Gasteiger partial charge in [-0.1, -0.05) is 19.9 Å². The third-order valence-electron chi connectivity index (χ3n) is 4.46. The molecule has 152 valence electrons. The average Bonchev–Trinajstić information content (AvgIpc) is 2.60. The van der Waals surface area contributed by atoms with Crippen molar-refractivity contribution in [3.63, 3.8) is 0 Å². The Kier molecular flexibility index (Phi) is 8.47. The summed E-state index contributed by atoms with van der Waals surface area (Å²) in [6.07, 6.45) is 0.0300. The summed E-state index contributed by atoms with van der Waals surface area (Å²) < 4.78 is 24.4. The molecule has 0 saturated carbocycles. The van der Waals surface area contributed by atoms with Gasteiger partial charge in [-0.05, 0) is 30.7 Å². The molecule has 1 amide bonds. The highest BCUT2D eigenvalue weighted by atomic mass is 19.1. The second-order valence-corrected chi connectivity index (χ2v) is 7.59. The Morgan fingerprint density at radius 3 is 2.93 bits per heavy atom. The average molecular weight is 381 g/mol. The molecule has 2 rings (SSSR count). The number of nitrogens with zero attached hydrogens (tertiary/aromatic N) is 2. The molecule has 1 aromatic carbocycles. The van der Waals surface area contributed by atoms with Gasteiger partial charge in [0.25, 0.3) is 0 Å². The quantitative estimate of drug-likeness (QED) is 0.706. The molecule has 7 heteroatoms. The third-order valence-corrected chi connectivity index (χ3v) is 4.46. The Labute approximate surface area is 161 Å². The summed E-state index contributed by atoms with van der Waals surface area (Å²) in [5.41, 5.74) is 0.795. The van der Waals surface area contributed by atoms with Crippen LogP contribution in [0.2, 0.25) is 0 Å². The van der Waals surface area contributed by atoms with E-state index in [0.29, 0.717) is 25.6 Å². The number of benzene rings is 1. The number of likely N-dealkylation sites (N-methyl/N-ethyl adjacent to an activating group) is 1. The Morgan fingerprint density at radius 1 is 1.48 bits per heavy atom. The van der Waals surface area contributed by atoms with Gasteiger partial charge in [0.2, 0.25) is 5.91 Å². The fourth-order valence-electron chi connectivity index (χ4n) is 3.29. The summed E-state index contributed by atoms with van der Waals surface area (Å²) in [5.74, 6) is 0.386. The number of carbonyl (C=O) groups excluding carboxylic acids is 1. The number of hydrogen-bond donors (Lipinski definition) is 1. The van der Waals surface area contributed by atoms with Crippen molar-refractivity contribution < 1.29 is 18.7 Å². The number of halogens is 1. The van der Waals surface area contributed by atoms with Crippen molar-refractivity contribution in [2.75, 3.05) is 53.5 Å². The largest absolute Gasteiger partial charge is 0.494 e. The number of hydrogen-bond acceptors (Lipinski definition) is 5. The standard InChI is InChI=1S/C20H32FN3O3/c1-15(2)11-24-7-8-27-17(13-24)10-22-20(25)14-23(3)12-16-5-6-19(26-4)18(21)9-16/h5-6,9,15,17H,7-8,10-14H2,1-4H3,(H,22,25). The minimum atomic E-state index is -0.395. The van der Waals surface area contributed by atoms with Gasteiger partial charge in [-0.2, -0.15) is 0 Å². The Hall–Kier alpha value is -1.70. The summed E-state index contributed by atoms with van der Waals surface area (Å²) in [4.78, 5) is 16.4. The molecule has 0 aromatic heterocycles. The van der Waals surface area contributed by atoms with Gasteiger partial charge in [0.1, 0.15) is 0 Å². The predicted molar refractivity (Wildman–Crippen MR) is 103 cm³/mol. The minimum absolute atomic E-state index is 0.0300. The molecule has 1 fully saturated rings. The fraction of sp³-hybridized carbons (Fsp3) is 0.650. The van der Waals surface area contributed by atoms with Crippen LogP contribution in [0.15, 0.2) is 18.2 Å². The first kappa shape index (κ1) is 21.6. The first-order valence-electron chi connectivity index (χ1n) is 9.49. The summed E-state index contributed by atoms with van der Waals surface area (Å²) in [7, 11) is 3.27. The number of rotatable bonds is 9. The van der Waals surface area contributed by atoms with Crippen molar-refractivity contribution in [2.45, 2.75) is 26.5 Å². The van der Waals surface area contributed by atoms with Gasteiger partial charge in [-0.25, -0.2) is 4.39 Å². The van der Waals surface area contributed by atoms with Crippen molar-refractivity contribution in [3.8, 4) is 5.75 Å². The first-order valence-corrected chi connectivity index (χ1v) is 9.49. The van der Waals surface area contributed by atoms with Gasteiger partial charge in [0, 0.05) is 32.7 Å². The maximum Gasteiger partial charge on any atom is 0.234 e. The molecule has 1 heterocycles. The van der Waals surface area contributed by atoms with E-state index in [-0.39, 0.29) is 24.3 Å². The van der Waals surface area contributed by atoms with Crippen LogP contribution in [-0.2, 0) is 16.1 Å². The highest BCUT2D eigenvalue weighted by Gasteiger charge is 2.21. The Balaban J connectivity index is 1.72. The zero-order valence-corrected chi connectivity index (χ0v) is 16.8. The topological polar surface area (TPSA) is 54.0 Å². The zero-order chi connectivity index (χ0) is 19.8. The lowest BCUT2D eigenvalue weighted by Gasteiger charge is -2.34. The van der Waals surface area contributed by atoms with Gasteiger partial charge in [0.15, 0.2) is 11.6 Å². The number of morpholine rings is 1. The molecule has 1 aliphatic rings. The van der Waals surface area contributed by atoms with Gasteiger partial charge < -0.3 is 14.8 Å². The van der Waals surface area contributed by atoms with E-state index in [0.717, 1.165) is 25.2 Å². The van der Waals surface area contributed by atoms with Crippen LogP contribution >= 0.6 is 0 Å². The van der Waals surface area contributed by atoms with Gasteiger partial charge >= 0.3 is 0 Å². The second kappa shape index (κ2) is 10.6. The summed E-state index contributed by atoms with van der Waals surface area (Å²) in [6.45, 7) is 9.20. The van der Waals surface area contributed by atoms with Gasteiger partial charge in [-0.3, -0.25) is 14.6 Å². The van der Waals surface area contributed by atoms with Crippen molar-refractivity contribution in [3.05, 3.63) is 29.6 Å². The normalized spacial score (nSPS) is 18.1. The summed E-state index contributed by atoms with van der Waals surface area (Å²) >= 11 is 0. The lowest BCUT2D eigenvalue weighted by Crippen LogP contribution is -2.49. The highest BCUT2D eigenvalue weighted by molar-refractivity contribution is 5.78. The summed E-state index contributed by atoms with van der Waals surface area (Å²) in [6, 6.07) is 4.84. The Morgan fingerprint density at radius 2 is 2.26 bits per heavy atom. The van der Waals surface area contributed by atoms with Crippen molar-refractivity contribution in [2.24, 2.45) is 5.92 Å². The van der Waals surface area contributed by atoms with E-state index in [1.54, 1.807) is 12.1 Å². The van der Waals surface area contributed by atoms with E-state index in [1.807, 2.05) is 11.9 Å². The van der Waals surface area contributed by atoms with Crippen LogP contribution in [0.1, 0.15) is 19.4 Å². The monoisotopic (exact) mass is 381 g/mol. The van der Waals surface area contributed by atoms with Crippen LogP contribution in [0.4, 0.5) is 4.39 Å². The molecule has 0 bridgehead atoms.